The zero-order chi connectivity index (χ0) is 21.6. The molecule has 12 heteroatoms. The molecule has 3 aromatic rings. The van der Waals surface area contributed by atoms with Crippen LogP contribution in [-0.2, 0) is 4.79 Å². The van der Waals surface area contributed by atoms with Gasteiger partial charge in [0.25, 0.3) is 0 Å². The molecule has 0 amide bonds. The number of carbonyl (C=O) groups is 1. The van der Waals surface area contributed by atoms with E-state index in [0.29, 0.717) is 39.8 Å². The predicted molar refractivity (Wildman–Crippen MR) is 99.5 cm³/mol. The number of fused-ring (bicyclic) bond motifs is 4. The second-order valence-corrected chi connectivity index (χ2v) is 7.14. The Hall–Kier alpha value is -3.15. The van der Waals surface area contributed by atoms with E-state index in [1.807, 2.05) is 0 Å². The van der Waals surface area contributed by atoms with Gasteiger partial charge in [0.15, 0.2) is 11.4 Å². The fourth-order valence-corrected chi connectivity index (χ4v) is 3.85. The molecule has 0 spiro atoms. The summed E-state index contributed by atoms with van der Waals surface area (Å²) in [4.78, 5) is 19.8. The highest BCUT2D eigenvalue weighted by Crippen LogP contribution is 2.36. The molecule has 2 aliphatic heterocycles. The number of carboxylic acids is 1. The lowest BCUT2D eigenvalue weighted by Gasteiger charge is -2.18. The second kappa shape index (κ2) is 7.27. The number of aliphatic carboxylic acids is 1. The van der Waals surface area contributed by atoms with Gasteiger partial charge in [-0.25, -0.2) is 14.2 Å². The van der Waals surface area contributed by atoms with Crippen LogP contribution in [-0.4, -0.2) is 52.9 Å². The van der Waals surface area contributed by atoms with E-state index in [0.717, 1.165) is 19.6 Å². The fourth-order valence-electron chi connectivity index (χ4n) is 3.85. The molecule has 30 heavy (non-hydrogen) atoms. The zero-order valence-electron chi connectivity index (χ0n) is 15.4. The van der Waals surface area contributed by atoms with E-state index < -0.39 is 12.1 Å². The molecule has 2 unspecified atom stereocenters. The molecule has 1 aromatic carbocycles. The molecule has 2 fully saturated rings. The van der Waals surface area contributed by atoms with Crippen molar-refractivity contribution < 1.29 is 31.9 Å². The summed E-state index contributed by atoms with van der Waals surface area (Å²) in [6, 6.07) is 4.92. The first-order chi connectivity index (χ1) is 14.1. The lowest BCUT2D eigenvalue weighted by atomic mass is 10.1. The van der Waals surface area contributed by atoms with Gasteiger partial charge in [-0.15, -0.1) is 0 Å². The molecule has 4 heterocycles. The molecule has 0 bridgehead atoms. The first-order valence-corrected chi connectivity index (χ1v) is 9.07. The third-order valence-corrected chi connectivity index (χ3v) is 5.18. The number of nitrogen functional groups attached to an aromatic ring is 1. The van der Waals surface area contributed by atoms with Crippen molar-refractivity contribution >= 4 is 39.8 Å². The number of nitrogens with one attached hydrogen (secondary N) is 1. The van der Waals surface area contributed by atoms with E-state index in [-0.39, 0.29) is 11.8 Å². The third kappa shape index (κ3) is 3.70. The van der Waals surface area contributed by atoms with Gasteiger partial charge in [-0.05, 0) is 37.1 Å². The summed E-state index contributed by atoms with van der Waals surface area (Å²) < 4.78 is 51.2. The zero-order valence-corrected chi connectivity index (χ0v) is 15.4. The van der Waals surface area contributed by atoms with Crippen molar-refractivity contribution in [2.75, 3.05) is 30.3 Å². The molecule has 2 saturated heterocycles. The molecule has 2 aliphatic rings. The molecule has 160 valence electrons. The number of carboxylic acid groups (broad SMARTS) is 1. The van der Waals surface area contributed by atoms with Crippen LogP contribution in [0.25, 0.3) is 22.1 Å². The van der Waals surface area contributed by atoms with E-state index in [4.69, 9.17) is 20.1 Å². The predicted octanol–water partition coefficient (Wildman–Crippen LogP) is 2.53. The summed E-state index contributed by atoms with van der Waals surface area (Å²) in [5.74, 6) is -1.56. The van der Waals surface area contributed by atoms with Gasteiger partial charge in [0, 0.05) is 24.5 Å². The minimum atomic E-state index is -5.08. The number of aromatic nitrogens is 2. The van der Waals surface area contributed by atoms with Gasteiger partial charge in [0.1, 0.15) is 16.9 Å². The Morgan fingerprint density at radius 3 is 2.70 bits per heavy atom. The minimum Gasteiger partial charge on any atom is -0.475 e. The maximum atomic E-state index is 13.6. The SMILES string of the molecule is Nc1nc(N2CC3CCNC3C2)c2oc3ccc(F)cc3c2n1.O=C(O)C(F)(F)F. The second-order valence-electron chi connectivity index (χ2n) is 7.14. The highest BCUT2D eigenvalue weighted by atomic mass is 19.4. The Kier molecular flexibility index (Phi) is 4.88. The van der Waals surface area contributed by atoms with Crippen molar-refractivity contribution in [3.05, 3.63) is 24.0 Å². The van der Waals surface area contributed by atoms with Crippen LogP contribution < -0.4 is 16.0 Å². The number of hydrogen-bond acceptors (Lipinski definition) is 7. The number of halogens is 4. The lowest BCUT2D eigenvalue weighted by molar-refractivity contribution is -0.192. The monoisotopic (exact) mass is 427 g/mol. The first kappa shape index (κ1) is 20.1. The van der Waals surface area contributed by atoms with Gasteiger partial charge in [-0.3, -0.25) is 0 Å². The third-order valence-electron chi connectivity index (χ3n) is 5.18. The Morgan fingerprint density at radius 2 is 2.03 bits per heavy atom. The largest absolute Gasteiger partial charge is 0.490 e. The molecule has 0 saturated carbocycles. The number of rotatable bonds is 1. The molecule has 2 atom stereocenters. The van der Waals surface area contributed by atoms with Crippen molar-refractivity contribution in [1.29, 1.82) is 0 Å². The fraction of sp³-hybridized carbons (Fsp3) is 0.389. The summed E-state index contributed by atoms with van der Waals surface area (Å²) in [6.45, 7) is 2.88. The summed E-state index contributed by atoms with van der Waals surface area (Å²) in [5, 5.41) is 11.3. The molecule has 0 aliphatic carbocycles. The molecule has 5 rings (SSSR count). The highest BCUT2D eigenvalue weighted by Gasteiger charge is 2.38. The summed E-state index contributed by atoms with van der Waals surface area (Å²) >= 11 is 0. The number of nitrogens with two attached hydrogens (primary N) is 1. The maximum Gasteiger partial charge on any atom is 0.490 e. The van der Waals surface area contributed by atoms with Crippen molar-refractivity contribution in [2.45, 2.75) is 18.6 Å². The number of anilines is 2. The van der Waals surface area contributed by atoms with E-state index in [1.165, 1.54) is 18.6 Å². The normalized spacial score (nSPS) is 21.0. The van der Waals surface area contributed by atoms with Gasteiger partial charge in [0.05, 0.1) is 0 Å². The van der Waals surface area contributed by atoms with Crippen LogP contribution in [0, 0.1) is 11.7 Å². The first-order valence-electron chi connectivity index (χ1n) is 9.07. The smallest absolute Gasteiger partial charge is 0.475 e. The molecule has 0 radical (unpaired) electrons. The minimum absolute atomic E-state index is 0.185. The Balaban J connectivity index is 0.000000272. The van der Waals surface area contributed by atoms with Gasteiger partial charge < -0.3 is 25.5 Å². The number of hydrogen-bond donors (Lipinski definition) is 3. The van der Waals surface area contributed by atoms with E-state index in [1.54, 1.807) is 6.07 Å². The Labute approximate surface area is 166 Å². The van der Waals surface area contributed by atoms with Crippen LogP contribution in [0.2, 0.25) is 0 Å². The molecular formula is C18H17F4N5O3. The quantitative estimate of drug-likeness (QED) is 0.507. The number of furan rings is 1. The number of alkyl halides is 3. The molecular weight excluding hydrogens is 410 g/mol. The standard InChI is InChI=1S/C16H16FN5O.C2HF3O2/c17-9-1-2-12-10(5-9)13-14(23-12)15(21-16(18)20-13)22-6-8-3-4-19-11(8)7-22;3-2(4,5)1(6)7/h1-2,5,8,11,19H,3-4,6-7H2,(H2,18,20,21);(H,6,7). The molecule has 4 N–H and O–H groups in total. The average Bonchev–Trinajstić information content (AvgIpc) is 3.34. The highest BCUT2D eigenvalue weighted by molar-refractivity contribution is 6.06. The van der Waals surface area contributed by atoms with Crippen molar-refractivity contribution in [1.82, 2.24) is 15.3 Å². The molecule has 8 nitrogen and oxygen atoms in total. The number of benzene rings is 1. The van der Waals surface area contributed by atoms with Gasteiger partial charge in [0.2, 0.25) is 5.95 Å². The lowest BCUT2D eigenvalue weighted by Crippen LogP contribution is -2.30. The summed E-state index contributed by atoms with van der Waals surface area (Å²) in [5.41, 5.74) is 7.65. The number of nitrogens with zero attached hydrogens (tertiary/aromatic N) is 3. The van der Waals surface area contributed by atoms with Gasteiger partial charge in [-0.2, -0.15) is 18.2 Å². The van der Waals surface area contributed by atoms with Crippen LogP contribution in [0.1, 0.15) is 6.42 Å². The van der Waals surface area contributed by atoms with Crippen LogP contribution in [0.4, 0.5) is 29.3 Å². The van der Waals surface area contributed by atoms with Crippen LogP contribution in [0.15, 0.2) is 22.6 Å². The van der Waals surface area contributed by atoms with Gasteiger partial charge in [-0.1, -0.05) is 0 Å². The van der Waals surface area contributed by atoms with E-state index in [9.17, 15) is 17.6 Å². The average molecular weight is 427 g/mol. The van der Waals surface area contributed by atoms with E-state index >= 15 is 0 Å². The van der Waals surface area contributed by atoms with Crippen LogP contribution in [0.5, 0.6) is 0 Å². The van der Waals surface area contributed by atoms with E-state index in [2.05, 4.69) is 20.2 Å². The topological polar surface area (TPSA) is 118 Å². The van der Waals surface area contributed by atoms with Gasteiger partial charge >= 0.3 is 12.1 Å². The van der Waals surface area contributed by atoms with Crippen molar-refractivity contribution in [3.63, 3.8) is 0 Å². The summed E-state index contributed by atoms with van der Waals surface area (Å²) in [6.07, 6.45) is -3.91. The van der Waals surface area contributed by atoms with Crippen LogP contribution >= 0.6 is 0 Å². The van der Waals surface area contributed by atoms with Crippen molar-refractivity contribution in [3.8, 4) is 0 Å². The van der Waals surface area contributed by atoms with Crippen molar-refractivity contribution in [2.24, 2.45) is 5.92 Å². The Morgan fingerprint density at radius 1 is 1.30 bits per heavy atom. The maximum absolute atomic E-state index is 13.6. The van der Waals surface area contributed by atoms with Crippen LogP contribution in [0.3, 0.4) is 0 Å². The summed E-state index contributed by atoms with van der Waals surface area (Å²) in [7, 11) is 0. The molecule has 2 aromatic heterocycles. The Bertz CT molecular complexity index is 1100.